The maximum Gasteiger partial charge on any atom is 2.00 e. The summed E-state index contributed by atoms with van der Waals surface area (Å²) in [5, 5.41) is 3.32. The number of alkyl halides is 1. The summed E-state index contributed by atoms with van der Waals surface area (Å²) in [6.07, 6.45) is 15.9. The van der Waals surface area contributed by atoms with Crippen molar-refractivity contribution in [1.82, 2.24) is 10.3 Å². The molecule has 0 atom stereocenters. The van der Waals surface area contributed by atoms with Crippen LogP contribution in [0.1, 0.15) is 70.7 Å². The third-order valence-corrected chi connectivity index (χ3v) is 4.85. The molecule has 4 N–H and O–H groups in total. The normalized spacial score (nSPS) is 11.6. The van der Waals surface area contributed by atoms with Gasteiger partial charge in [-0.3, -0.25) is 9.98 Å². The van der Waals surface area contributed by atoms with Crippen LogP contribution in [0, 0.1) is 26.2 Å². The van der Waals surface area contributed by atoms with E-state index in [0.717, 1.165) is 49.3 Å². The number of unbranched alkanes of at least 4 members (excludes halogenated alkanes) is 1. The van der Waals surface area contributed by atoms with Gasteiger partial charge in [-0.25, -0.2) is 4.39 Å². The number of allylic oxidation sites excluding steroid dienone is 6. The van der Waals surface area contributed by atoms with Crippen LogP contribution in [-0.2, 0) is 21.1 Å². The van der Waals surface area contributed by atoms with Crippen molar-refractivity contribution < 1.29 is 25.5 Å². The minimum Gasteiger partial charge on any atom is -0.693 e. The van der Waals surface area contributed by atoms with Crippen molar-refractivity contribution in [3.05, 3.63) is 89.2 Å². The summed E-state index contributed by atoms with van der Waals surface area (Å²) in [5.41, 5.74) is 12.9. The van der Waals surface area contributed by atoms with E-state index in [1.54, 1.807) is 6.08 Å². The summed E-state index contributed by atoms with van der Waals surface area (Å²) in [6, 6.07) is 2.14. The zero-order valence-corrected chi connectivity index (χ0v) is 27.5. The fourth-order valence-corrected chi connectivity index (χ4v) is 2.80. The average Bonchev–Trinajstić information content (AvgIpc) is 2.79. The van der Waals surface area contributed by atoms with Gasteiger partial charge in [0, 0.05) is 30.3 Å². The molecule has 210 valence electrons. The van der Waals surface area contributed by atoms with Crippen LogP contribution in [0.4, 0.5) is 4.39 Å². The molecular formula is C30H52FN5W. The van der Waals surface area contributed by atoms with Crippen LogP contribution in [-0.4, -0.2) is 37.5 Å². The molecular weight excluding hydrogens is 633 g/mol. The number of aliphatic imine (C=N–C) groups is 1. The van der Waals surface area contributed by atoms with Gasteiger partial charge in [0.15, 0.2) is 0 Å². The van der Waals surface area contributed by atoms with Gasteiger partial charge < -0.3 is 17.2 Å². The Labute approximate surface area is 242 Å². The van der Waals surface area contributed by atoms with Crippen LogP contribution in [0.3, 0.4) is 0 Å². The van der Waals surface area contributed by atoms with E-state index in [9.17, 15) is 4.39 Å². The molecule has 0 bridgehead atoms. The SMILES string of the molecule is C=C/C=C(\C=C/CF)C(C)(C)C.CC=N/C(=C\CC)CNCCCC[NH-].Cc1cnc(C)c(C)c1.[NH2-].[W+2]. The topological polar surface area (TPSA) is 94.6 Å². The van der Waals surface area contributed by atoms with Crippen LogP contribution >= 0.6 is 0 Å². The molecule has 0 aromatic carbocycles. The van der Waals surface area contributed by atoms with Gasteiger partial charge in [0.1, 0.15) is 6.67 Å². The minimum absolute atomic E-state index is 0. The second kappa shape index (κ2) is 27.3. The Hall–Kier alpha value is -1.72. The second-order valence-electron chi connectivity index (χ2n) is 9.20. The molecule has 0 aliphatic carbocycles. The van der Waals surface area contributed by atoms with E-state index < -0.39 is 6.67 Å². The third kappa shape index (κ3) is 25.7. The van der Waals surface area contributed by atoms with E-state index in [0.29, 0.717) is 6.54 Å². The maximum atomic E-state index is 11.8. The van der Waals surface area contributed by atoms with E-state index in [1.807, 2.05) is 38.4 Å². The second-order valence-corrected chi connectivity index (χ2v) is 9.20. The van der Waals surface area contributed by atoms with Gasteiger partial charge in [-0.2, -0.15) is 6.54 Å². The largest absolute Gasteiger partial charge is 2.00 e. The van der Waals surface area contributed by atoms with Crippen molar-refractivity contribution in [1.29, 1.82) is 0 Å². The standard InChI is InChI=1S/C11H17F.C11H22N3.C8H11N.H2N.W/c1-5-7-10(8-6-9-12)11(2,3)4;1-3-7-11(14-4-2)10-13-9-6-5-8-12;1-6-4-7(2)8(3)9-5-6;;/h5-8H,1,9H2,2-4H3;4,7,12-13H,3,5-6,8-10H2,1-2H3;4-5H,1-3H3;1H2;/q;-1;;-1;+2/b8-6-,10-7+;11-7-,14-4?;;;. The number of nitrogens with two attached hydrogens (primary N) is 1. The molecule has 0 spiro atoms. The molecule has 0 saturated heterocycles. The first-order valence-electron chi connectivity index (χ1n) is 12.6. The number of aryl methyl sites for hydroxylation is 3. The predicted molar refractivity (Wildman–Crippen MR) is 160 cm³/mol. The van der Waals surface area contributed by atoms with Crippen LogP contribution in [0.5, 0.6) is 0 Å². The summed E-state index contributed by atoms with van der Waals surface area (Å²) in [4.78, 5) is 8.45. The van der Waals surface area contributed by atoms with Gasteiger partial charge in [0.2, 0.25) is 0 Å². The first-order chi connectivity index (χ1) is 16.6. The summed E-state index contributed by atoms with van der Waals surface area (Å²) in [7, 11) is 0. The van der Waals surface area contributed by atoms with Crippen molar-refractivity contribution in [3.63, 3.8) is 0 Å². The quantitative estimate of drug-likeness (QED) is 0.143. The van der Waals surface area contributed by atoms with E-state index in [-0.39, 0.29) is 32.6 Å². The number of hydrogen-bond acceptors (Lipinski definition) is 3. The number of nitrogens with one attached hydrogen (secondary N) is 2. The van der Waals surface area contributed by atoms with E-state index in [1.165, 1.54) is 17.2 Å². The van der Waals surface area contributed by atoms with Crippen molar-refractivity contribution in [2.24, 2.45) is 10.4 Å². The molecule has 0 radical (unpaired) electrons. The van der Waals surface area contributed by atoms with Crippen molar-refractivity contribution in [3.8, 4) is 0 Å². The molecule has 0 aliphatic rings. The van der Waals surface area contributed by atoms with E-state index in [2.05, 4.69) is 75.6 Å². The van der Waals surface area contributed by atoms with Crippen molar-refractivity contribution in [2.75, 3.05) is 26.3 Å². The Balaban J connectivity index is -0.000000219. The van der Waals surface area contributed by atoms with Crippen LogP contribution in [0.2, 0.25) is 0 Å². The van der Waals surface area contributed by atoms with Crippen molar-refractivity contribution in [2.45, 2.75) is 74.7 Å². The average molecular weight is 686 g/mol. The Morgan fingerprint density at radius 1 is 1.22 bits per heavy atom. The predicted octanol–water partition coefficient (Wildman–Crippen LogP) is 9.19. The zero-order chi connectivity index (χ0) is 27.1. The number of pyridine rings is 1. The van der Waals surface area contributed by atoms with Gasteiger partial charge in [-0.1, -0.05) is 77.1 Å². The molecule has 0 aliphatic heterocycles. The molecule has 7 heteroatoms. The first-order valence-corrected chi connectivity index (χ1v) is 12.6. The zero-order valence-electron chi connectivity index (χ0n) is 24.5. The monoisotopic (exact) mass is 685 g/mol. The smallest absolute Gasteiger partial charge is 0.693 e. The Morgan fingerprint density at radius 3 is 2.30 bits per heavy atom. The minimum atomic E-state index is -0.412. The first kappa shape index (κ1) is 42.4. The summed E-state index contributed by atoms with van der Waals surface area (Å²) >= 11 is 0. The number of hydrogen-bond donors (Lipinski definition) is 1. The van der Waals surface area contributed by atoms with Gasteiger partial charge in [0.25, 0.3) is 0 Å². The molecule has 0 amide bonds. The van der Waals surface area contributed by atoms with E-state index in [4.69, 9.17) is 5.73 Å². The Bertz CT molecular complexity index is 809. The van der Waals surface area contributed by atoms with Gasteiger partial charge in [-0.05, 0) is 69.2 Å². The molecule has 0 fully saturated rings. The molecule has 37 heavy (non-hydrogen) atoms. The molecule has 0 unspecified atom stereocenters. The van der Waals surface area contributed by atoms with Gasteiger partial charge >= 0.3 is 21.1 Å². The van der Waals surface area contributed by atoms with Gasteiger partial charge in [-0.15, -0.1) is 0 Å². The van der Waals surface area contributed by atoms with E-state index >= 15 is 0 Å². The van der Waals surface area contributed by atoms with Crippen LogP contribution in [0.25, 0.3) is 11.9 Å². The maximum absolute atomic E-state index is 11.8. The number of aromatic nitrogens is 1. The molecule has 0 saturated carbocycles. The molecule has 1 rings (SSSR count). The fourth-order valence-electron chi connectivity index (χ4n) is 2.80. The Kier molecular flexibility index (Phi) is 31.3. The van der Waals surface area contributed by atoms with Crippen molar-refractivity contribution >= 4 is 6.21 Å². The third-order valence-electron chi connectivity index (χ3n) is 4.85. The number of nitrogens with zero attached hydrogens (tertiary/aromatic N) is 2. The summed E-state index contributed by atoms with van der Waals surface area (Å²) in [6.45, 7) is 22.0. The fraction of sp³-hybridized carbons (Fsp3) is 0.533. The molecule has 1 aromatic rings. The molecule has 5 nitrogen and oxygen atoms in total. The molecule has 1 aromatic heterocycles. The Morgan fingerprint density at radius 2 is 1.86 bits per heavy atom. The van der Waals surface area contributed by atoms with Gasteiger partial charge in [0.05, 0.1) is 0 Å². The summed E-state index contributed by atoms with van der Waals surface area (Å²) in [5.74, 6) is 0. The summed E-state index contributed by atoms with van der Waals surface area (Å²) < 4.78 is 11.8. The number of rotatable bonds is 11. The van der Waals surface area contributed by atoms with Crippen LogP contribution < -0.4 is 5.32 Å². The molecule has 1 heterocycles. The number of halogens is 1. The van der Waals surface area contributed by atoms with Crippen LogP contribution in [0.15, 0.2) is 65.5 Å².